The number of halogens is 1. The lowest BCUT2D eigenvalue weighted by Crippen LogP contribution is -2.47. The van der Waals surface area contributed by atoms with Crippen LogP contribution in [0, 0.1) is 0 Å². The second-order valence-electron chi connectivity index (χ2n) is 7.33. The molecule has 0 spiro atoms. The molecule has 0 radical (unpaired) electrons. The molecule has 7 heteroatoms. The zero-order valence-electron chi connectivity index (χ0n) is 19.3. The van der Waals surface area contributed by atoms with Crippen LogP contribution >= 0.6 is 11.6 Å². The van der Waals surface area contributed by atoms with Crippen LogP contribution in [-0.2, 0) is 22.6 Å². The first kappa shape index (κ1) is 25.5. The number of hydrogen-bond donors (Lipinski definition) is 1. The fourth-order valence-electron chi connectivity index (χ4n) is 3.36. The van der Waals surface area contributed by atoms with Crippen LogP contribution in [-0.4, -0.2) is 42.5 Å². The van der Waals surface area contributed by atoms with Gasteiger partial charge in [0.1, 0.15) is 6.04 Å². The maximum atomic E-state index is 13.2. The summed E-state index contributed by atoms with van der Waals surface area (Å²) in [4.78, 5) is 27.3. The smallest absolute Gasteiger partial charge is 0.242 e. The molecule has 0 unspecified atom stereocenters. The minimum Gasteiger partial charge on any atom is -0.490 e. The summed E-state index contributed by atoms with van der Waals surface area (Å²) in [6.07, 6.45) is 0.778. The summed E-state index contributed by atoms with van der Waals surface area (Å²) in [5.74, 6) is 1.06. The molecule has 0 aliphatic rings. The van der Waals surface area contributed by atoms with E-state index in [2.05, 4.69) is 5.32 Å². The number of carbonyl (C=O) groups excluding carboxylic acids is 2. The molecular formula is C25H33ClN2O4. The van der Waals surface area contributed by atoms with Crippen molar-refractivity contribution < 1.29 is 19.1 Å². The minimum atomic E-state index is -0.613. The van der Waals surface area contributed by atoms with Crippen molar-refractivity contribution in [1.29, 1.82) is 0 Å². The largest absolute Gasteiger partial charge is 0.490 e. The Labute approximate surface area is 195 Å². The number of benzene rings is 2. The summed E-state index contributed by atoms with van der Waals surface area (Å²) in [7, 11) is 0. The maximum absolute atomic E-state index is 13.2. The highest BCUT2D eigenvalue weighted by Crippen LogP contribution is 2.29. The lowest BCUT2D eigenvalue weighted by molar-refractivity contribution is -0.140. The van der Waals surface area contributed by atoms with E-state index in [0.29, 0.717) is 42.7 Å². The molecule has 174 valence electrons. The summed E-state index contributed by atoms with van der Waals surface area (Å²) in [6, 6.07) is 12.5. The highest BCUT2D eigenvalue weighted by Gasteiger charge is 2.26. The number of hydrogen-bond acceptors (Lipinski definition) is 4. The maximum Gasteiger partial charge on any atom is 0.242 e. The molecule has 0 aliphatic heterocycles. The van der Waals surface area contributed by atoms with Gasteiger partial charge < -0.3 is 19.7 Å². The van der Waals surface area contributed by atoms with Crippen molar-refractivity contribution in [1.82, 2.24) is 10.2 Å². The molecule has 0 bridgehead atoms. The Morgan fingerprint density at radius 1 is 1.03 bits per heavy atom. The van der Waals surface area contributed by atoms with Gasteiger partial charge in [-0.3, -0.25) is 9.59 Å². The highest BCUT2D eigenvalue weighted by molar-refractivity contribution is 6.31. The predicted octanol–water partition coefficient (Wildman–Crippen LogP) is 4.62. The molecule has 6 nitrogen and oxygen atoms in total. The lowest BCUT2D eigenvalue weighted by atomic mass is 10.1. The third kappa shape index (κ3) is 7.16. The van der Waals surface area contributed by atoms with E-state index in [9.17, 15) is 9.59 Å². The Morgan fingerprint density at radius 3 is 2.38 bits per heavy atom. The first-order valence-corrected chi connectivity index (χ1v) is 11.5. The number of amides is 2. The second-order valence-corrected chi connectivity index (χ2v) is 7.74. The third-order valence-corrected chi connectivity index (χ3v) is 5.42. The third-order valence-electron chi connectivity index (χ3n) is 5.05. The van der Waals surface area contributed by atoms with E-state index in [4.69, 9.17) is 21.1 Å². The first-order valence-electron chi connectivity index (χ1n) is 11.1. The molecule has 32 heavy (non-hydrogen) atoms. The molecule has 0 heterocycles. The Kier molecular flexibility index (Phi) is 10.3. The van der Waals surface area contributed by atoms with E-state index in [1.165, 1.54) is 0 Å². The van der Waals surface area contributed by atoms with E-state index in [1.807, 2.05) is 57.2 Å². The Morgan fingerprint density at radius 2 is 1.72 bits per heavy atom. The quantitative estimate of drug-likeness (QED) is 0.501. The van der Waals surface area contributed by atoms with Crippen molar-refractivity contribution >= 4 is 23.4 Å². The molecule has 2 aromatic carbocycles. The van der Waals surface area contributed by atoms with Crippen molar-refractivity contribution in [3.05, 3.63) is 58.6 Å². The lowest BCUT2D eigenvalue weighted by Gasteiger charge is -2.29. The molecule has 2 amide bonds. The van der Waals surface area contributed by atoms with Crippen molar-refractivity contribution in [3.63, 3.8) is 0 Å². The summed E-state index contributed by atoms with van der Waals surface area (Å²) in [6.45, 7) is 9.28. The van der Waals surface area contributed by atoms with Gasteiger partial charge in [-0.05, 0) is 63.4 Å². The van der Waals surface area contributed by atoms with Crippen LogP contribution in [0.15, 0.2) is 42.5 Å². The fraction of sp³-hybridized carbons (Fsp3) is 0.440. The van der Waals surface area contributed by atoms with E-state index in [-0.39, 0.29) is 24.8 Å². The van der Waals surface area contributed by atoms with Crippen LogP contribution in [0.2, 0.25) is 5.02 Å². The molecule has 2 aromatic rings. The molecule has 0 saturated carbocycles. The van der Waals surface area contributed by atoms with Crippen LogP contribution in [0.4, 0.5) is 0 Å². The predicted molar refractivity (Wildman–Crippen MR) is 127 cm³/mol. The fourth-order valence-corrected chi connectivity index (χ4v) is 3.56. The number of aryl methyl sites for hydroxylation is 1. The SMILES string of the molecule is CCNC(=O)[C@@H](C)N(Cc1ccccc1Cl)C(=O)CCc1ccc(OCC)c(OCC)c1. The van der Waals surface area contributed by atoms with Crippen LogP contribution in [0.3, 0.4) is 0 Å². The Balaban J connectivity index is 2.17. The number of nitrogens with one attached hydrogen (secondary N) is 1. The topological polar surface area (TPSA) is 67.9 Å². The number of rotatable bonds is 12. The van der Waals surface area contributed by atoms with Crippen LogP contribution < -0.4 is 14.8 Å². The zero-order chi connectivity index (χ0) is 23.5. The Hall–Kier alpha value is -2.73. The van der Waals surface area contributed by atoms with Gasteiger partial charge in [-0.15, -0.1) is 0 Å². The van der Waals surface area contributed by atoms with Crippen molar-refractivity contribution in [2.45, 2.75) is 53.1 Å². The summed E-state index contributed by atoms with van der Waals surface area (Å²) >= 11 is 6.31. The van der Waals surface area contributed by atoms with Gasteiger partial charge in [0, 0.05) is 24.5 Å². The summed E-state index contributed by atoms with van der Waals surface area (Å²) in [5, 5.41) is 3.37. The van der Waals surface area contributed by atoms with Crippen LogP contribution in [0.5, 0.6) is 11.5 Å². The zero-order valence-corrected chi connectivity index (χ0v) is 20.1. The van der Waals surface area contributed by atoms with E-state index in [1.54, 1.807) is 17.9 Å². The summed E-state index contributed by atoms with van der Waals surface area (Å²) in [5.41, 5.74) is 1.77. The van der Waals surface area contributed by atoms with E-state index in [0.717, 1.165) is 11.1 Å². The monoisotopic (exact) mass is 460 g/mol. The van der Waals surface area contributed by atoms with Gasteiger partial charge in [0.25, 0.3) is 0 Å². The number of nitrogens with zero attached hydrogens (tertiary/aromatic N) is 1. The molecule has 0 saturated heterocycles. The second kappa shape index (κ2) is 13.0. The molecule has 1 atom stereocenters. The first-order chi connectivity index (χ1) is 15.4. The number of carbonyl (C=O) groups is 2. The highest BCUT2D eigenvalue weighted by atomic mass is 35.5. The average molecular weight is 461 g/mol. The molecular weight excluding hydrogens is 428 g/mol. The number of ether oxygens (including phenoxy) is 2. The van der Waals surface area contributed by atoms with Gasteiger partial charge in [0.05, 0.1) is 13.2 Å². The van der Waals surface area contributed by atoms with E-state index < -0.39 is 6.04 Å². The van der Waals surface area contributed by atoms with Crippen molar-refractivity contribution in [2.24, 2.45) is 0 Å². The van der Waals surface area contributed by atoms with Crippen LogP contribution in [0.25, 0.3) is 0 Å². The van der Waals surface area contributed by atoms with Gasteiger partial charge in [0.15, 0.2) is 11.5 Å². The molecule has 1 N–H and O–H groups in total. The molecule has 0 aliphatic carbocycles. The summed E-state index contributed by atoms with van der Waals surface area (Å²) < 4.78 is 11.3. The molecule has 2 rings (SSSR count). The van der Waals surface area contributed by atoms with Crippen molar-refractivity contribution in [3.8, 4) is 11.5 Å². The standard InChI is InChI=1S/C25H33ClN2O4/c1-5-27-25(30)18(4)28(17-20-10-8-9-11-21(20)26)24(29)15-13-19-12-14-22(31-6-2)23(16-19)32-7-3/h8-12,14,16,18H,5-7,13,15,17H2,1-4H3,(H,27,30)/t18-/m1/s1. The van der Waals surface area contributed by atoms with Gasteiger partial charge in [0.2, 0.25) is 11.8 Å². The molecule has 0 aromatic heterocycles. The van der Waals surface area contributed by atoms with Gasteiger partial charge in [-0.25, -0.2) is 0 Å². The van der Waals surface area contributed by atoms with Crippen LogP contribution in [0.1, 0.15) is 45.2 Å². The normalized spacial score (nSPS) is 11.5. The number of likely N-dealkylation sites (N-methyl/N-ethyl adjacent to an activating group) is 1. The average Bonchev–Trinajstić information content (AvgIpc) is 2.78. The van der Waals surface area contributed by atoms with Gasteiger partial charge >= 0.3 is 0 Å². The molecule has 0 fully saturated rings. The Bertz CT molecular complexity index is 903. The minimum absolute atomic E-state index is 0.115. The van der Waals surface area contributed by atoms with Gasteiger partial charge in [-0.2, -0.15) is 0 Å². The van der Waals surface area contributed by atoms with Gasteiger partial charge in [-0.1, -0.05) is 35.9 Å². The van der Waals surface area contributed by atoms with E-state index >= 15 is 0 Å². The van der Waals surface area contributed by atoms with Crippen molar-refractivity contribution in [2.75, 3.05) is 19.8 Å².